The third-order valence-corrected chi connectivity index (χ3v) is 7.24. The molecular formula is C31H31NO4. The Bertz CT molecular complexity index is 1180. The van der Waals surface area contributed by atoms with Gasteiger partial charge in [0, 0.05) is 5.92 Å². The van der Waals surface area contributed by atoms with Crippen LogP contribution in [0.1, 0.15) is 29.2 Å². The molecule has 5 nitrogen and oxygen atoms in total. The maximum absolute atomic E-state index is 14.1. The average molecular weight is 482 g/mol. The van der Waals surface area contributed by atoms with Gasteiger partial charge in [-0.15, -0.1) is 6.58 Å². The van der Waals surface area contributed by atoms with Gasteiger partial charge in [-0.05, 0) is 36.0 Å². The highest BCUT2D eigenvalue weighted by Gasteiger charge is 2.51. The molecule has 5 heteroatoms. The van der Waals surface area contributed by atoms with Crippen LogP contribution in [0.25, 0.3) is 0 Å². The fourth-order valence-electron chi connectivity index (χ4n) is 5.47. The quantitative estimate of drug-likeness (QED) is 0.384. The van der Waals surface area contributed by atoms with Crippen LogP contribution in [0.2, 0.25) is 0 Å². The van der Waals surface area contributed by atoms with Crippen LogP contribution in [-0.4, -0.2) is 35.7 Å². The first kappa shape index (κ1) is 24.0. The number of hydrogen-bond acceptors (Lipinski definition) is 4. The average Bonchev–Trinajstić information content (AvgIpc) is 3.48. The number of ether oxygens (including phenoxy) is 2. The van der Waals surface area contributed by atoms with Gasteiger partial charge in [0.1, 0.15) is 6.61 Å². The normalized spacial score (nSPS) is 25.5. The first-order valence-corrected chi connectivity index (χ1v) is 12.6. The fourth-order valence-corrected chi connectivity index (χ4v) is 5.47. The molecule has 3 aromatic rings. The van der Waals surface area contributed by atoms with Crippen LogP contribution in [0, 0.1) is 11.8 Å². The Balaban J connectivity index is 1.43. The molecule has 5 rings (SSSR count). The predicted octanol–water partition coefficient (Wildman–Crippen LogP) is 5.77. The highest BCUT2D eigenvalue weighted by molar-refractivity contribution is 5.95. The van der Waals surface area contributed by atoms with Crippen molar-refractivity contribution < 1.29 is 19.1 Å². The van der Waals surface area contributed by atoms with Gasteiger partial charge in [0.05, 0.1) is 24.2 Å². The largest absolute Gasteiger partial charge is 0.447 e. The van der Waals surface area contributed by atoms with Crippen LogP contribution < -0.4 is 0 Å². The molecule has 2 aliphatic heterocycles. The molecule has 0 N–H and O–H groups in total. The lowest BCUT2D eigenvalue weighted by atomic mass is 9.82. The number of imide groups is 1. The van der Waals surface area contributed by atoms with E-state index in [1.54, 1.807) is 0 Å². The Kier molecular flexibility index (Phi) is 7.28. The molecule has 3 aromatic carbocycles. The van der Waals surface area contributed by atoms with E-state index in [9.17, 15) is 9.59 Å². The Morgan fingerprint density at radius 2 is 1.53 bits per heavy atom. The van der Waals surface area contributed by atoms with E-state index in [2.05, 4.69) is 18.7 Å². The van der Waals surface area contributed by atoms with Crippen molar-refractivity contribution in [1.82, 2.24) is 4.90 Å². The first-order valence-electron chi connectivity index (χ1n) is 12.6. The van der Waals surface area contributed by atoms with E-state index in [4.69, 9.17) is 9.47 Å². The van der Waals surface area contributed by atoms with Crippen molar-refractivity contribution in [2.24, 2.45) is 11.8 Å². The maximum Gasteiger partial charge on any atom is 0.416 e. The van der Waals surface area contributed by atoms with Crippen molar-refractivity contribution in [3.63, 3.8) is 0 Å². The molecule has 2 heterocycles. The summed E-state index contributed by atoms with van der Waals surface area (Å²) in [6.45, 7) is 4.27. The van der Waals surface area contributed by atoms with Crippen LogP contribution in [0.15, 0.2) is 104 Å². The van der Waals surface area contributed by atoms with Crippen molar-refractivity contribution in [2.75, 3.05) is 6.61 Å². The molecule has 2 fully saturated rings. The summed E-state index contributed by atoms with van der Waals surface area (Å²) in [4.78, 5) is 28.3. The van der Waals surface area contributed by atoms with Gasteiger partial charge >= 0.3 is 6.09 Å². The lowest BCUT2D eigenvalue weighted by Crippen LogP contribution is -2.47. The van der Waals surface area contributed by atoms with E-state index >= 15 is 0 Å². The second-order valence-electron chi connectivity index (χ2n) is 9.50. The fraction of sp³-hybridized carbons (Fsp3) is 0.290. The molecule has 0 saturated carbocycles. The third kappa shape index (κ3) is 4.98. The summed E-state index contributed by atoms with van der Waals surface area (Å²) in [6, 6.07) is 29.7. The molecule has 2 saturated heterocycles. The number of nitrogens with zero attached hydrogens (tertiary/aromatic N) is 1. The number of amides is 2. The molecule has 184 valence electrons. The van der Waals surface area contributed by atoms with Gasteiger partial charge in [0.15, 0.2) is 0 Å². The highest BCUT2D eigenvalue weighted by Crippen LogP contribution is 2.46. The van der Waals surface area contributed by atoms with Crippen molar-refractivity contribution in [1.29, 1.82) is 0 Å². The summed E-state index contributed by atoms with van der Waals surface area (Å²) in [6.07, 6.45) is 2.59. The minimum absolute atomic E-state index is 0.197. The number of aryl methyl sites for hydroxylation is 1. The smallest absolute Gasteiger partial charge is 0.416 e. The molecule has 0 radical (unpaired) electrons. The van der Waals surface area contributed by atoms with Gasteiger partial charge in [-0.25, -0.2) is 9.69 Å². The van der Waals surface area contributed by atoms with Gasteiger partial charge in [-0.2, -0.15) is 0 Å². The molecule has 2 amide bonds. The predicted molar refractivity (Wildman–Crippen MR) is 138 cm³/mol. The summed E-state index contributed by atoms with van der Waals surface area (Å²) in [7, 11) is 0. The number of hydrogen-bond donors (Lipinski definition) is 0. The monoisotopic (exact) mass is 481 g/mol. The Morgan fingerprint density at radius 3 is 2.17 bits per heavy atom. The number of rotatable bonds is 8. The van der Waals surface area contributed by atoms with Crippen molar-refractivity contribution in [2.45, 2.75) is 37.5 Å². The van der Waals surface area contributed by atoms with E-state index in [1.165, 1.54) is 10.5 Å². The molecule has 2 aliphatic rings. The van der Waals surface area contributed by atoms with Crippen LogP contribution in [0.3, 0.4) is 0 Å². The van der Waals surface area contributed by atoms with E-state index in [1.807, 2.05) is 84.9 Å². The summed E-state index contributed by atoms with van der Waals surface area (Å²) in [5.74, 6) is -1.02. The molecule has 0 spiro atoms. The topological polar surface area (TPSA) is 55.8 Å². The standard InChI is InChI=1S/C31H31NO4/c1-2-26-28(30(33)32-25(21-35-31(32)34)20-23-14-8-4-9-15-23)27(19-18-22-12-6-3-7-13-22)36-29(26)24-16-10-5-11-17-24/h2-17,25-29H,1,18-21H2/t25-,26-,27+,28-,29-/m0/s1. The van der Waals surface area contributed by atoms with E-state index in [0.29, 0.717) is 12.8 Å². The summed E-state index contributed by atoms with van der Waals surface area (Å²) in [5.41, 5.74) is 3.25. The lowest BCUT2D eigenvalue weighted by molar-refractivity contribution is -0.136. The maximum atomic E-state index is 14.1. The summed E-state index contributed by atoms with van der Waals surface area (Å²) < 4.78 is 12.0. The molecular weight excluding hydrogens is 450 g/mol. The molecule has 5 atom stereocenters. The number of carbonyl (C=O) groups is 2. The summed E-state index contributed by atoms with van der Waals surface area (Å²) >= 11 is 0. The van der Waals surface area contributed by atoms with Gasteiger partial charge < -0.3 is 9.47 Å². The van der Waals surface area contributed by atoms with E-state index < -0.39 is 12.0 Å². The molecule has 36 heavy (non-hydrogen) atoms. The number of benzene rings is 3. The Labute approximate surface area is 212 Å². The van der Waals surface area contributed by atoms with Gasteiger partial charge in [0.25, 0.3) is 0 Å². The van der Waals surface area contributed by atoms with E-state index in [-0.39, 0.29) is 36.7 Å². The second kappa shape index (κ2) is 10.9. The molecule has 0 aliphatic carbocycles. The summed E-state index contributed by atoms with van der Waals surface area (Å²) in [5, 5.41) is 0. The zero-order valence-corrected chi connectivity index (χ0v) is 20.2. The SMILES string of the molecule is C=C[C@H]1[C@H](C(=O)N2C(=O)OC[C@@H]2Cc2ccccc2)[C@@H](CCc2ccccc2)O[C@H]1c1ccccc1. The first-order chi connectivity index (χ1) is 17.7. The van der Waals surface area contributed by atoms with Crippen molar-refractivity contribution in [3.05, 3.63) is 120 Å². The Morgan fingerprint density at radius 1 is 0.917 bits per heavy atom. The highest BCUT2D eigenvalue weighted by atomic mass is 16.6. The van der Waals surface area contributed by atoms with Crippen molar-refractivity contribution >= 4 is 12.0 Å². The van der Waals surface area contributed by atoms with Gasteiger partial charge in [-0.3, -0.25) is 4.79 Å². The lowest BCUT2D eigenvalue weighted by Gasteiger charge is -2.27. The minimum atomic E-state index is -0.575. The van der Waals surface area contributed by atoms with Gasteiger partial charge in [-0.1, -0.05) is 97.1 Å². The van der Waals surface area contributed by atoms with Crippen molar-refractivity contribution in [3.8, 4) is 0 Å². The van der Waals surface area contributed by atoms with Gasteiger partial charge in [0.2, 0.25) is 5.91 Å². The second-order valence-corrected chi connectivity index (χ2v) is 9.50. The number of cyclic esters (lactones) is 1. The molecule has 0 unspecified atom stereocenters. The Hall–Kier alpha value is -3.70. The number of carbonyl (C=O) groups excluding carboxylic acids is 2. The zero-order valence-electron chi connectivity index (χ0n) is 20.2. The van der Waals surface area contributed by atoms with Crippen LogP contribution in [0.5, 0.6) is 0 Å². The minimum Gasteiger partial charge on any atom is -0.447 e. The third-order valence-electron chi connectivity index (χ3n) is 7.24. The molecule has 0 aromatic heterocycles. The molecule has 0 bridgehead atoms. The van der Waals surface area contributed by atoms with Crippen LogP contribution >= 0.6 is 0 Å². The van der Waals surface area contributed by atoms with E-state index in [0.717, 1.165) is 17.5 Å². The van der Waals surface area contributed by atoms with Crippen LogP contribution in [0.4, 0.5) is 4.79 Å². The zero-order chi connectivity index (χ0) is 24.9. The van der Waals surface area contributed by atoms with Crippen LogP contribution in [-0.2, 0) is 27.1 Å².